The highest BCUT2D eigenvalue weighted by Crippen LogP contribution is 2.46. The van der Waals surface area contributed by atoms with Crippen LogP contribution in [0.2, 0.25) is 0 Å². The number of rotatable bonds is 15. The van der Waals surface area contributed by atoms with Gasteiger partial charge in [-0.2, -0.15) is 52.3 Å². The molecule has 10 aromatic rings. The van der Waals surface area contributed by atoms with Gasteiger partial charge < -0.3 is 27.0 Å². The molecule has 0 amide bonds. The summed E-state index contributed by atoms with van der Waals surface area (Å²) in [7, 11) is -24.6. The predicted molar refractivity (Wildman–Crippen MR) is 310 cm³/mol. The van der Waals surface area contributed by atoms with Gasteiger partial charge in [0.05, 0.1) is 49.6 Å². The predicted octanol–water partition coefficient (Wildman–Crippen LogP) is 12.5. The van der Waals surface area contributed by atoms with Crippen molar-refractivity contribution in [2.24, 2.45) is 40.9 Å². The van der Waals surface area contributed by atoms with E-state index in [1.165, 1.54) is 109 Å². The molecule has 0 bridgehead atoms. The minimum Gasteiger partial charge on any atom is -0.505 e. The molecular weight excluding hydrogens is 1210 g/mol. The maximum atomic E-state index is 12.8. The number of hydrogen-bond acceptors (Lipinski definition) is 23. The highest BCUT2D eigenvalue weighted by atomic mass is 32.2. The van der Waals surface area contributed by atoms with Crippen molar-refractivity contribution in [3.8, 4) is 11.5 Å². The number of benzene rings is 10. The first kappa shape index (κ1) is 58.4. The third kappa shape index (κ3) is 12.3. The van der Waals surface area contributed by atoms with Gasteiger partial charge >= 0.3 is 0 Å². The third-order valence-electron chi connectivity index (χ3n) is 12.6. The van der Waals surface area contributed by atoms with Gasteiger partial charge in [0.1, 0.15) is 26.1 Å². The molecule has 432 valence electrons. The van der Waals surface area contributed by atoms with Gasteiger partial charge in [-0.3, -0.25) is 22.8 Å². The average molecular weight is 1250 g/mol. The molecule has 10 rings (SSSR count). The van der Waals surface area contributed by atoms with E-state index in [4.69, 9.17) is 11.5 Å². The molecule has 0 fully saturated rings. The Morgan fingerprint density at radius 3 is 1.13 bits per heavy atom. The number of anilines is 4. The van der Waals surface area contributed by atoms with E-state index in [9.17, 15) is 75.1 Å². The molecule has 0 aliphatic rings. The second-order valence-corrected chi connectivity index (χ2v) is 25.3. The van der Waals surface area contributed by atoms with E-state index in [0.29, 0.717) is 0 Å². The minimum atomic E-state index is -5.01. The summed E-state index contributed by atoms with van der Waals surface area (Å²) in [5.41, 5.74) is 10.8. The van der Waals surface area contributed by atoms with Gasteiger partial charge in [-0.25, -0.2) is 0 Å². The van der Waals surface area contributed by atoms with Gasteiger partial charge in [0.25, 0.3) is 50.6 Å². The number of nitrogen functional groups attached to an aromatic ring is 2. The lowest BCUT2D eigenvalue weighted by atomic mass is 10.1. The van der Waals surface area contributed by atoms with E-state index in [2.05, 4.69) is 46.2 Å². The second kappa shape index (κ2) is 21.7. The molecule has 10 aromatic carbocycles. The number of aromatic hydroxyl groups is 2. The largest absolute Gasteiger partial charge is 0.505 e. The molecule has 0 aliphatic heterocycles. The Kier molecular flexibility index (Phi) is 14.9. The fraction of sp³-hybridized carbons (Fsp3) is 0. The van der Waals surface area contributed by atoms with E-state index in [1.807, 2.05) is 0 Å². The maximum absolute atomic E-state index is 12.8. The first-order chi connectivity index (χ1) is 39.9. The Morgan fingerprint density at radius 1 is 0.329 bits per heavy atom. The minimum absolute atomic E-state index is 0.0195. The van der Waals surface area contributed by atoms with E-state index >= 15 is 0 Å². The van der Waals surface area contributed by atoms with Crippen molar-refractivity contribution in [1.82, 2.24) is 0 Å². The number of phenols is 2. The fourth-order valence-corrected chi connectivity index (χ4v) is 11.6. The zero-order chi connectivity index (χ0) is 61.1. The molecule has 0 aromatic heterocycles. The monoisotopic (exact) mass is 1250 g/mol. The van der Waals surface area contributed by atoms with Gasteiger partial charge in [0.15, 0.2) is 11.5 Å². The molecule has 12 N–H and O–H groups in total. The van der Waals surface area contributed by atoms with Crippen LogP contribution in [-0.2, 0) is 50.6 Å². The molecule has 0 atom stereocenters. The van der Waals surface area contributed by atoms with Crippen LogP contribution in [0.3, 0.4) is 0 Å². The number of nitrogens with one attached hydrogen (secondary N) is 1. The van der Waals surface area contributed by atoms with Crippen molar-refractivity contribution in [1.29, 1.82) is 0 Å². The lowest BCUT2D eigenvalue weighted by Gasteiger charge is -2.11. The Bertz CT molecular complexity index is 5250. The Morgan fingerprint density at radius 2 is 0.718 bits per heavy atom. The lowest BCUT2D eigenvalue weighted by Crippen LogP contribution is -2.03. The third-order valence-corrected chi connectivity index (χ3v) is 17.0. The zero-order valence-electron chi connectivity index (χ0n) is 42.4. The van der Waals surface area contributed by atoms with E-state index < -0.39 is 97.9 Å². The summed E-state index contributed by atoms with van der Waals surface area (Å²) in [4.78, 5) is -3.41. The zero-order valence-corrected chi connectivity index (χ0v) is 46.5. The maximum Gasteiger partial charge on any atom is 0.296 e. The molecule has 0 saturated carbocycles. The number of hydrogen-bond donors (Lipinski definition) is 10. The molecule has 0 spiro atoms. The van der Waals surface area contributed by atoms with Crippen LogP contribution in [0.5, 0.6) is 11.5 Å². The first-order valence-corrected chi connectivity index (χ1v) is 30.9. The number of nitrogens with two attached hydrogens (primary N) is 2. The van der Waals surface area contributed by atoms with Crippen molar-refractivity contribution in [3.63, 3.8) is 0 Å². The molecule has 0 saturated heterocycles. The molecule has 0 heterocycles. The average Bonchev–Trinajstić information content (AvgIpc) is 2.10. The number of nitrogens with zero attached hydrogens (tertiary/aromatic N) is 8. The quantitative estimate of drug-likeness (QED) is 0.0259. The molecule has 28 nitrogen and oxygen atoms in total. The smallest absolute Gasteiger partial charge is 0.296 e. The van der Waals surface area contributed by atoms with Gasteiger partial charge in [-0.15, -0.1) is 30.7 Å². The van der Waals surface area contributed by atoms with Crippen LogP contribution in [0.25, 0.3) is 43.1 Å². The highest BCUT2D eigenvalue weighted by Gasteiger charge is 2.25. The van der Waals surface area contributed by atoms with E-state index in [1.54, 1.807) is 0 Å². The summed E-state index contributed by atoms with van der Waals surface area (Å²) in [5.74, 6) is -1.38. The van der Waals surface area contributed by atoms with Crippen molar-refractivity contribution in [2.75, 3.05) is 16.8 Å². The normalized spacial score (nSPS) is 13.0. The highest BCUT2D eigenvalue weighted by molar-refractivity contribution is 7.87. The molecule has 33 heteroatoms. The summed E-state index contributed by atoms with van der Waals surface area (Å²) in [6, 6.07) is 31.7. The summed E-state index contributed by atoms with van der Waals surface area (Å²) in [6.07, 6.45) is 0. The van der Waals surface area contributed by atoms with Gasteiger partial charge in [0, 0.05) is 49.4 Å². The Labute approximate surface area is 479 Å². The number of phenolic OH excluding ortho intramolecular Hbond substituents is 2. The van der Waals surface area contributed by atoms with Crippen LogP contribution >= 0.6 is 0 Å². The topological polar surface area (TPSA) is 475 Å². The summed E-state index contributed by atoms with van der Waals surface area (Å²) < 4.78 is 174. The summed E-state index contributed by atoms with van der Waals surface area (Å²) >= 11 is 0. The number of fused-ring (bicyclic) bond motifs is 4. The van der Waals surface area contributed by atoms with Crippen molar-refractivity contribution in [3.05, 3.63) is 152 Å². The fourth-order valence-electron chi connectivity index (χ4n) is 8.65. The SMILES string of the molecule is Nc1ccc2cc(S(=O)(=O)O)c(N=Nc3ccc(N=Nc4ccc(Nc5ccc(N=Nc6ccc(N=Nc7c(S(=O)(=O)O)cc8ccc(N)cc8c7O)c7ccc(S(=O)(=O)O)cc67)cc5S(=O)(=O)O)cc4)c4cc(S(=O)(=O)O)ccc34)c(O)c2c1. The van der Waals surface area contributed by atoms with Crippen LogP contribution < -0.4 is 16.8 Å². The van der Waals surface area contributed by atoms with Crippen LogP contribution in [0.1, 0.15) is 0 Å². The Balaban J connectivity index is 0.925. The van der Waals surface area contributed by atoms with E-state index in [0.717, 1.165) is 42.5 Å². The lowest BCUT2D eigenvalue weighted by molar-refractivity contribution is 0.472. The number of azo groups is 4. The first-order valence-electron chi connectivity index (χ1n) is 23.7. The summed E-state index contributed by atoms with van der Waals surface area (Å²) in [6.45, 7) is 0. The molecule has 85 heavy (non-hydrogen) atoms. The van der Waals surface area contributed by atoms with Crippen molar-refractivity contribution in [2.45, 2.75) is 24.5 Å². The van der Waals surface area contributed by atoms with Gasteiger partial charge in [-0.05, 0) is 138 Å². The van der Waals surface area contributed by atoms with E-state index in [-0.39, 0.29) is 100.0 Å². The van der Waals surface area contributed by atoms with Crippen molar-refractivity contribution < 1.29 is 75.1 Å². The van der Waals surface area contributed by atoms with Gasteiger partial charge in [0.2, 0.25) is 0 Å². The van der Waals surface area contributed by atoms with Crippen LogP contribution in [-0.4, -0.2) is 75.1 Å². The van der Waals surface area contributed by atoms with Crippen LogP contribution in [0, 0.1) is 0 Å². The standard InChI is InChI=1S/C52H37N11O17S5/c53-28-3-1-26-19-47(84(75,76)77)49(51(64)37(26)21-28)62-60-41-15-17-43(39-24-33(81(66,67)68)10-12-35(39)41)58-56-31-7-5-30(6-8-31)55-45-14-9-32(23-46(45)83(72,73)74)57-59-44-18-16-42(36-13-11-34(25-40(36)44)82(69,70)71)61-63-50-48(85(78,79)80)20-27-2-4-29(54)22-38(27)52(50)65/h1-25,55,64-65H,53-54H2,(H,66,67,68)(H,69,70,71)(H,72,73,74)(H,75,76,77)(H,78,79,80). The van der Waals surface area contributed by atoms with Gasteiger partial charge in [-0.1, -0.05) is 24.3 Å². The molecule has 0 aliphatic carbocycles. The van der Waals surface area contributed by atoms with Crippen molar-refractivity contribution >= 4 is 162 Å². The van der Waals surface area contributed by atoms with Crippen LogP contribution in [0.4, 0.5) is 68.2 Å². The molecule has 0 unspecified atom stereocenters. The molecule has 0 radical (unpaired) electrons. The van der Waals surface area contributed by atoms with Crippen LogP contribution in [0.15, 0.2) is 217 Å². The second-order valence-electron chi connectivity index (χ2n) is 18.3. The molecular formula is C52H37N11O17S5. The Hall–Kier alpha value is -9.81. The summed E-state index contributed by atoms with van der Waals surface area (Å²) in [5, 5.41) is 58.7.